The highest BCUT2D eigenvalue weighted by molar-refractivity contribution is 5.89. The van der Waals surface area contributed by atoms with Crippen molar-refractivity contribution in [3.63, 3.8) is 0 Å². The van der Waals surface area contributed by atoms with Gasteiger partial charge in [-0.2, -0.15) is 0 Å². The maximum Gasteiger partial charge on any atom is 0.321 e. The van der Waals surface area contributed by atoms with Crippen LogP contribution in [0, 0.1) is 5.92 Å². The van der Waals surface area contributed by atoms with Crippen LogP contribution in [-0.2, 0) is 6.54 Å². The minimum atomic E-state index is -0.150. The van der Waals surface area contributed by atoms with Crippen molar-refractivity contribution < 1.29 is 9.90 Å². The fourth-order valence-electron chi connectivity index (χ4n) is 3.44. The Hall–Kier alpha value is -3.28. The average molecular weight is 393 g/mol. The molecule has 1 atom stereocenters. The number of urea groups is 1. The third-order valence-electron chi connectivity index (χ3n) is 5.03. The number of piperidine rings is 1. The lowest BCUT2D eigenvalue weighted by Crippen LogP contribution is -2.42. The van der Waals surface area contributed by atoms with Crippen LogP contribution in [-0.4, -0.2) is 34.1 Å². The highest BCUT2D eigenvalue weighted by atomic mass is 16.3. The number of phenolic OH excluding ortho intramolecular Hbond substituents is 1. The van der Waals surface area contributed by atoms with Gasteiger partial charge in [-0.3, -0.25) is 4.98 Å². The molecule has 1 fully saturated rings. The molecule has 0 saturated carbocycles. The van der Waals surface area contributed by atoms with E-state index < -0.39 is 0 Å². The number of carbonyl (C=O) groups is 1. The number of benzene rings is 1. The van der Waals surface area contributed by atoms with Crippen LogP contribution in [0.25, 0.3) is 0 Å². The molecule has 6 heteroatoms. The van der Waals surface area contributed by atoms with Gasteiger partial charge in [-0.1, -0.05) is 18.7 Å². The zero-order valence-electron chi connectivity index (χ0n) is 16.8. The Morgan fingerprint density at radius 1 is 1.38 bits per heavy atom. The lowest BCUT2D eigenvalue weighted by molar-refractivity contribution is 0.186. The van der Waals surface area contributed by atoms with E-state index in [0.29, 0.717) is 18.8 Å². The summed E-state index contributed by atoms with van der Waals surface area (Å²) in [5.74, 6) is 0.362. The van der Waals surface area contributed by atoms with Gasteiger partial charge in [0.2, 0.25) is 0 Å². The molecule has 2 aromatic rings. The first kappa shape index (κ1) is 20.5. The normalized spacial score (nSPS) is 16.9. The number of phenols is 1. The Bertz CT molecular complexity index is 879. The second-order valence-electron chi connectivity index (χ2n) is 7.38. The molecule has 0 radical (unpaired) electrons. The molecule has 152 valence electrons. The van der Waals surface area contributed by atoms with Crippen LogP contribution in [0.4, 0.5) is 10.5 Å². The Balaban J connectivity index is 1.53. The molecule has 1 aromatic carbocycles. The zero-order chi connectivity index (χ0) is 20.6. The molecule has 3 rings (SSSR count). The number of pyridine rings is 1. The van der Waals surface area contributed by atoms with E-state index in [4.69, 9.17) is 0 Å². The van der Waals surface area contributed by atoms with E-state index in [1.807, 2.05) is 30.2 Å². The first-order chi connectivity index (χ1) is 14.0. The molecular formula is C23H28N4O2. The highest BCUT2D eigenvalue weighted by Crippen LogP contribution is 2.25. The molecule has 2 amide bonds. The molecule has 1 aromatic heterocycles. The van der Waals surface area contributed by atoms with Gasteiger partial charge in [0.1, 0.15) is 5.75 Å². The summed E-state index contributed by atoms with van der Waals surface area (Å²) in [4.78, 5) is 18.5. The quantitative estimate of drug-likeness (QED) is 0.641. The maximum absolute atomic E-state index is 12.6. The summed E-state index contributed by atoms with van der Waals surface area (Å²) in [7, 11) is 0. The van der Waals surface area contributed by atoms with Gasteiger partial charge in [-0.25, -0.2) is 4.79 Å². The minimum absolute atomic E-state index is 0.132. The molecule has 0 aliphatic carbocycles. The SMILES string of the molecule is C=C(/C=C(\C)NCc1cccnc1)C1CCCN(C(=O)Nc2cccc(O)c2)C1. The Kier molecular flexibility index (Phi) is 6.89. The van der Waals surface area contributed by atoms with E-state index in [0.717, 1.165) is 36.2 Å². The summed E-state index contributed by atoms with van der Waals surface area (Å²) < 4.78 is 0. The number of anilines is 1. The van der Waals surface area contributed by atoms with Gasteiger partial charge in [0.15, 0.2) is 0 Å². The average Bonchev–Trinajstić information content (AvgIpc) is 2.73. The van der Waals surface area contributed by atoms with Crippen LogP contribution in [0.15, 0.2) is 72.7 Å². The number of allylic oxidation sites excluding steroid dienone is 2. The lowest BCUT2D eigenvalue weighted by Gasteiger charge is -2.33. The molecule has 29 heavy (non-hydrogen) atoms. The second-order valence-corrected chi connectivity index (χ2v) is 7.38. The fraction of sp³-hybridized carbons (Fsp3) is 0.304. The number of carbonyl (C=O) groups excluding carboxylic acids is 1. The number of likely N-dealkylation sites (tertiary alicyclic amines) is 1. The molecular weight excluding hydrogens is 364 g/mol. The summed E-state index contributed by atoms with van der Waals surface area (Å²) >= 11 is 0. The van der Waals surface area contributed by atoms with E-state index in [1.54, 1.807) is 24.4 Å². The number of nitrogens with zero attached hydrogens (tertiary/aromatic N) is 2. The summed E-state index contributed by atoms with van der Waals surface area (Å²) in [5, 5.41) is 15.8. The molecule has 1 unspecified atom stereocenters. The van der Waals surface area contributed by atoms with Crippen LogP contribution in [0.2, 0.25) is 0 Å². The smallest absolute Gasteiger partial charge is 0.321 e. The van der Waals surface area contributed by atoms with Crippen LogP contribution in [0.3, 0.4) is 0 Å². The molecule has 2 heterocycles. The number of aromatic nitrogens is 1. The van der Waals surface area contributed by atoms with Gasteiger partial charge in [-0.15, -0.1) is 0 Å². The van der Waals surface area contributed by atoms with Crippen LogP contribution < -0.4 is 10.6 Å². The molecule has 3 N–H and O–H groups in total. The van der Waals surface area contributed by atoms with Gasteiger partial charge in [0.25, 0.3) is 0 Å². The van der Waals surface area contributed by atoms with Crippen LogP contribution in [0.5, 0.6) is 5.75 Å². The Morgan fingerprint density at radius 2 is 2.24 bits per heavy atom. The largest absolute Gasteiger partial charge is 0.508 e. The van der Waals surface area contributed by atoms with Crippen molar-refractivity contribution in [2.75, 3.05) is 18.4 Å². The van der Waals surface area contributed by atoms with Crippen LogP contribution >= 0.6 is 0 Å². The first-order valence-electron chi connectivity index (χ1n) is 9.86. The zero-order valence-corrected chi connectivity index (χ0v) is 16.8. The number of hydrogen-bond acceptors (Lipinski definition) is 4. The van der Waals surface area contributed by atoms with E-state index in [9.17, 15) is 9.90 Å². The summed E-state index contributed by atoms with van der Waals surface area (Å²) in [6, 6.07) is 10.4. The Morgan fingerprint density at radius 3 is 3.00 bits per heavy atom. The standard InChI is InChI=1S/C23H28N4O2/c1-17(12-18(2)25-15-19-6-4-10-24-14-19)20-7-5-11-27(16-20)23(29)26-21-8-3-9-22(28)13-21/h3-4,6,8-10,12-14,20,25,28H,1,5,7,11,15-16H2,2H3,(H,26,29)/b18-12+. The number of amides is 2. The number of rotatable bonds is 6. The summed E-state index contributed by atoms with van der Waals surface area (Å²) in [5.41, 5.74) is 3.78. The summed E-state index contributed by atoms with van der Waals surface area (Å²) in [6.45, 7) is 8.34. The molecule has 1 saturated heterocycles. The molecule has 1 aliphatic rings. The van der Waals surface area contributed by atoms with Gasteiger partial charge in [0, 0.05) is 55.4 Å². The predicted molar refractivity (Wildman–Crippen MR) is 115 cm³/mol. The van der Waals surface area contributed by atoms with Crippen molar-refractivity contribution in [3.05, 3.63) is 78.3 Å². The van der Waals surface area contributed by atoms with E-state index in [-0.39, 0.29) is 17.7 Å². The van der Waals surface area contributed by atoms with E-state index in [1.165, 1.54) is 6.07 Å². The monoisotopic (exact) mass is 392 g/mol. The highest BCUT2D eigenvalue weighted by Gasteiger charge is 2.25. The second kappa shape index (κ2) is 9.78. The van der Waals surface area contributed by atoms with Crippen molar-refractivity contribution in [3.8, 4) is 5.75 Å². The van der Waals surface area contributed by atoms with Gasteiger partial charge in [-0.05, 0) is 55.2 Å². The molecule has 0 spiro atoms. The fourth-order valence-corrected chi connectivity index (χ4v) is 3.44. The third kappa shape index (κ3) is 6.10. The predicted octanol–water partition coefficient (Wildman–Crippen LogP) is 4.28. The van der Waals surface area contributed by atoms with Crippen molar-refractivity contribution in [2.45, 2.75) is 26.3 Å². The maximum atomic E-state index is 12.6. The van der Waals surface area contributed by atoms with Crippen molar-refractivity contribution >= 4 is 11.7 Å². The number of aromatic hydroxyl groups is 1. The first-order valence-corrected chi connectivity index (χ1v) is 9.86. The third-order valence-corrected chi connectivity index (χ3v) is 5.03. The van der Waals surface area contributed by atoms with Crippen LogP contribution in [0.1, 0.15) is 25.3 Å². The van der Waals surface area contributed by atoms with E-state index >= 15 is 0 Å². The van der Waals surface area contributed by atoms with Gasteiger partial charge < -0.3 is 20.6 Å². The summed E-state index contributed by atoms with van der Waals surface area (Å²) in [6.07, 6.45) is 7.63. The minimum Gasteiger partial charge on any atom is -0.508 e. The number of nitrogens with one attached hydrogen (secondary N) is 2. The molecule has 1 aliphatic heterocycles. The van der Waals surface area contributed by atoms with Crippen molar-refractivity contribution in [1.29, 1.82) is 0 Å². The molecule has 6 nitrogen and oxygen atoms in total. The number of hydrogen-bond donors (Lipinski definition) is 3. The topological polar surface area (TPSA) is 77.5 Å². The Labute approximate surface area is 172 Å². The van der Waals surface area contributed by atoms with Gasteiger partial charge >= 0.3 is 6.03 Å². The van der Waals surface area contributed by atoms with E-state index in [2.05, 4.69) is 28.3 Å². The van der Waals surface area contributed by atoms with Gasteiger partial charge in [0.05, 0.1) is 0 Å². The van der Waals surface area contributed by atoms with Crippen molar-refractivity contribution in [2.24, 2.45) is 5.92 Å². The lowest BCUT2D eigenvalue weighted by atomic mass is 9.91. The molecule has 0 bridgehead atoms. The van der Waals surface area contributed by atoms with Crippen molar-refractivity contribution in [1.82, 2.24) is 15.2 Å².